The van der Waals surface area contributed by atoms with E-state index in [0.29, 0.717) is 13.0 Å². The number of rotatable bonds is 7. The normalized spacial score (nSPS) is 12.2. The third kappa shape index (κ3) is 6.67. The van der Waals surface area contributed by atoms with Crippen LogP contribution in [0.4, 0.5) is 0 Å². The lowest BCUT2D eigenvalue weighted by Crippen LogP contribution is -2.31. The Morgan fingerprint density at radius 1 is 1.39 bits per heavy atom. The Morgan fingerprint density at radius 2 is 2.06 bits per heavy atom. The predicted octanol–water partition coefficient (Wildman–Crippen LogP) is 2.08. The Hall–Kier alpha value is -1.00. The van der Waals surface area contributed by atoms with Gasteiger partial charge in [-0.3, -0.25) is 4.79 Å². The van der Waals surface area contributed by atoms with E-state index < -0.39 is 0 Å². The van der Waals surface area contributed by atoms with Gasteiger partial charge in [0.1, 0.15) is 0 Å². The molecule has 1 aromatic carbocycles. The van der Waals surface area contributed by atoms with E-state index in [-0.39, 0.29) is 11.9 Å². The van der Waals surface area contributed by atoms with E-state index in [4.69, 9.17) is 5.73 Å². The Kier molecular flexibility index (Phi) is 6.83. The molecule has 3 nitrogen and oxygen atoms in total. The lowest BCUT2D eigenvalue weighted by molar-refractivity contribution is -0.121. The average molecular weight is 266 g/mol. The number of hydrogen-bond acceptors (Lipinski definition) is 3. The van der Waals surface area contributed by atoms with Gasteiger partial charge in [0.15, 0.2) is 0 Å². The van der Waals surface area contributed by atoms with Crippen LogP contribution in [0.2, 0.25) is 0 Å². The number of carbonyl (C=O) groups is 1. The zero-order chi connectivity index (χ0) is 13.4. The topological polar surface area (TPSA) is 55.1 Å². The van der Waals surface area contributed by atoms with Crippen LogP contribution in [0.1, 0.15) is 24.5 Å². The first-order valence-electron chi connectivity index (χ1n) is 6.23. The molecular formula is C14H22N2OS. The van der Waals surface area contributed by atoms with E-state index in [9.17, 15) is 4.79 Å². The second kappa shape index (κ2) is 8.16. The maximum Gasteiger partial charge on any atom is 0.221 e. The first-order valence-corrected chi connectivity index (χ1v) is 7.39. The van der Waals surface area contributed by atoms with Crippen LogP contribution in [0.5, 0.6) is 0 Å². The summed E-state index contributed by atoms with van der Waals surface area (Å²) < 4.78 is 0. The van der Waals surface area contributed by atoms with Crippen molar-refractivity contribution in [2.75, 3.05) is 12.3 Å². The molecule has 0 aliphatic carbocycles. The lowest BCUT2D eigenvalue weighted by Gasteiger charge is -2.07. The molecule has 1 aromatic rings. The van der Waals surface area contributed by atoms with Crippen LogP contribution in [-0.2, 0) is 10.5 Å². The number of thioether (sulfide) groups is 1. The molecule has 100 valence electrons. The molecule has 18 heavy (non-hydrogen) atoms. The third-order valence-electron chi connectivity index (χ3n) is 2.47. The maximum atomic E-state index is 11.3. The van der Waals surface area contributed by atoms with Crippen LogP contribution in [-0.4, -0.2) is 24.2 Å². The number of aryl methyl sites for hydroxylation is 1. The van der Waals surface area contributed by atoms with Crippen molar-refractivity contribution in [1.29, 1.82) is 0 Å². The summed E-state index contributed by atoms with van der Waals surface area (Å²) in [5, 5.41) is 2.87. The Balaban J connectivity index is 2.08. The molecule has 0 bridgehead atoms. The highest BCUT2D eigenvalue weighted by atomic mass is 32.2. The highest BCUT2D eigenvalue weighted by molar-refractivity contribution is 7.98. The molecule has 1 unspecified atom stereocenters. The van der Waals surface area contributed by atoms with Crippen molar-refractivity contribution in [1.82, 2.24) is 5.32 Å². The molecule has 4 heteroatoms. The SMILES string of the molecule is Cc1ccc(CSCCNC(=O)CC(C)N)cc1. The van der Waals surface area contributed by atoms with E-state index in [1.807, 2.05) is 18.7 Å². The molecule has 3 N–H and O–H groups in total. The smallest absolute Gasteiger partial charge is 0.221 e. The van der Waals surface area contributed by atoms with Crippen molar-refractivity contribution in [3.63, 3.8) is 0 Å². The van der Waals surface area contributed by atoms with Gasteiger partial charge in [0, 0.05) is 30.5 Å². The van der Waals surface area contributed by atoms with Crippen molar-refractivity contribution < 1.29 is 4.79 Å². The van der Waals surface area contributed by atoms with Crippen LogP contribution in [0, 0.1) is 6.92 Å². The molecule has 0 fully saturated rings. The molecular weight excluding hydrogens is 244 g/mol. The quantitative estimate of drug-likeness (QED) is 0.743. The number of carbonyl (C=O) groups excluding carboxylic acids is 1. The number of nitrogens with one attached hydrogen (secondary N) is 1. The molecule has 1 rings (SSSR count). The van der Waals surface area contributed by atoms with Crippen LogP contribution in [0.3, 0.4) is 0 Å². The summed E-state index contributed by atoms with van der Waals surface area (Å²) in [5.41, 5.74) is 8.16. The second-order valence-electron chi connectivity index (χ2n) is 4.57. The van der Waals surface area contributed by atoms with Crippen molar-refractivity contribution >= 4 is 17.7 Å². The average Bonchev–Trinajstić information content (AvgIpc) is 2.30. The Morgan fingerprint density at radius 3 is 2.67 bits per heavy atom. The van der Waals surface area contributed by atoms with Gasteiger partial charge in [0.25, 0.3) is 0 Å². The Labute approximate surface area is 114 Å². The van der Waals surface area contributed by atoms with Gasteiger partial charge >= 0.3 is 0 Å². The number of amides is 1. The summed E-state index contributed by atoms with van der Waals surface area (Å²) in [5.74, 6) is 1.96. The summed E-state index contributed by atoms with van der Waals surface area (Å²) >= 11 is 1.83. The van der Waals surface area contributed by atoms with Crippen molar-refractivity contribution in [3.05, 3.63) is 35.4 Å². The largest absolute Gasteiger partial charge is 0.355 e. The van der Waals surface area contributed by atoms with Gasteiger partial charge < -0.3 is 11.1 Å². The Bertz CT molecular complexity index is 363. The van der Waals surface area contributed by atoms with Crippen molar-refractivity contribution in [2.24, 2.45) is 5.73 Å². The summed E-state index contributed by atoms with van der Waals surface area (Å²) in [6, 6.07) is 8.49. The second-order valence-corrected chi connectivity index (χ2v) is 5.67. The van der Waals surface area contributed by atoms with Crippen LogP contribution >= 0.6 is 11.8 Å². The van der Waals surface area contributed by atoms with Gasteiger partial charge in [-0.1, -0.05) is 29.8 Å². The van der Waals surface area contributed by atoms with Gasteiger partial charge in [-0.15, -0.1) is 0 Å². The van der Waals surface area contributed by atoms with Crippen LogP contribution < -0.4 is 11.1 Å². The third-order valence-corrected chi connectivity index (χ3v) is 3.50. The molecule has 0 aromatic heterocycles. The molecule has 1 amide bonds. The van der Waals surface area contributed by atoms with E-state index in [1.165, 1.54) is 11.1 Å². The van der Waals surface area contributed by atoms with Crippen molar-refractivity contribution in [2.45, 2.75) is 32.1 Å². The molecule has 1 atom stereocenters. The van der Waals surface area contributed by atoms with Crippen molar-refractivity contribution in [3.8, 4) is 0 Å². The van der Waals surface area contributed by atoms with Gasteiger partial charge in [0.05, 0.1) is 0 Å². The zero-order valence-electron chi connectivity index (χ0n) is 11.1. The molecule has 0 aliphatic heterocycles. The molecule has 0 aliphatic rings. The fourth-order valence-electron chi connectivity index (χ4n) is 1.50. The fraction of sp³-hybridized carbons (Fsp3) is 0.500. The summed E-state index contributed by atoms with van der Waals surface area (Å²) in [4.78, 5) is 11.3. The standard InChI is InChI=1S/C14H22N2OS/c1-11-3-5-13(6-4-11)10-18-8-7-16-14(17)9-12(2)15/h3-6,12H,7-10,15H2,1-2H3,(H,16,17). The van der Waals surface area contributed by atoms with E-state index in [1.54, 1.807) is 0 Å². The number of nitrogens with two attached hydrogens (primary N) is 1. The lowest BCUT2D eigenvalue weighted by atomic mass is 10.2. The summed E-state index contributed by atoms with van der Waals surface area (Å²) in [6.07, 6.45) is 0.405. The predicted molar refractivity (Wildman–Crippen MR) is 78.6 cm³/mol. The van der Waals surface area contributed by atoms with Gasteiger partial charge in [-0.05, 0) is 19.4 Å². The molecule has 0 saturated carbocycles. The van der Waals surface area contributed by atoms with Gasteiger partial charge in [-0.25, -0.2) is 0 Å². The zero-order valence-corrected chi connectivity index (χ0v) is 11.9. The highest BCUT2D eigenvalue weighted by Gasteiger charge is 2.03. The summed E-state index contributed by atoms with van der Waals surface area (Å²) in [6.45, 7) is 4.64. The first kappa shape index (κ1) is 15.1. The number of hydrogen-bond donors (Lipinski definition) is 2. The van der Waals surface area contributed by atoms with E-state index in [0.717, 1.165) is 11.5 Å². The van der Waals surface area contributed by atoms with Gasteiger partial charge in [-0.2, -0.15) is 11.8 Å². The first-order chi connectivity index (χ1) is 8.58. The molecule has 0 spiro atoms. The van der Waals surface area contributed by atoms with E-state index >= 15 is 0 Å². The molecule has 0 heterocycles. The monoisotopic (exact) mass is 266 g/mol. The fourth-order valence-corrected chi connectivity index (χ4v) is 2.32. The number of benzene rings is 1. The minimum Gasteiger partial charge on any atom is -0.355 e. The van der Waals surface area contributed by atoms with Gasteiger partial charge in [0.2, 0.25) is 5.91 Å². The van der Waals surface area contributed by atoms with E-state index in [2.05, 4.69) is 36.5 Å². The minimum atomic E-state index is -0.0646. The minimum absolute atomic E-state index is 0.0425. The maximum absolute atomic E-state index is 11.3. The summed E-state index contributed by atoms with van der Waals surface area (Å²) in [7, 11) is 0. The highest BCUT2D eigenvalue weighted by Crippen LogP contribution is 2.12. The molecule has 0 saturated heterocycles. The molecule has 0 radical (unpaired) electrons. The van der Waals surface area contributed by atoms with Crippen LogP contribution in [0.25, 0.3) is 0 Å². The van der Waals surface area contributed by atoms with Crippen LogP contribution in [0.15, 0.2) is 24.3 Å².